The van der Waals surface area contributed by atoms with Gasteiger partial charge < -0.3 is 10.1 Å². The van der Waals surface area contributed by atoms with E-state index in [1.54, 1.807) is 25.1 Å². The molecule has 2 rings (SSSR count). The van der Waals surface area contributed by atoms with Gasteiger partial charge in [0.1, 0.15) is 0 Å². The van der Waals surface area contributed by atoms with Crippen LogP contribution in [0.3, 0.4) is 0 Å². The van der Waals surface area contributed by atoms with Crippen LogP contribution < -0.4 is 5.32 Å². The maximum atomic E-state index is 12.8. The van der Waals surface area contributed by atoms with Crippen molar-refractivity contribution < 1.29 is 27.5 Å². The number of alkyl halides is 3. The van der Waals surface area contributed by atoms with Gasteiger partial charge in [-0.2, -0.15) is 13.2 Å². The summed E-state index contributed by atoms with van der Waals surface area (Å²) in [6.45, 7) is 3.10. The zero-order chi connectivity index (χ0) is 19.5. The molecule has 2 aromatic rings. The summed E-state index contributed by atoms with van der Waals surface area (Å²) in [5.74, 6) is -1.52. The Hall–Kier alpha value is -2.54. The van der Waals surface area contributed by atoms with Crippen LogP contribution in [-0.4, -0.2) is 18.0 Å². The first-order valence-electron chi connectivity index (χ1n) is 7.53. The second-order valence-electron chi connectivity index (χ2n) is 5.60. The molecular weight excluding hydrogens is 371 g/mol. The largest absolute Gasteiger partial charge is 0.449 e. The number of hydrogen-bond acceptors (Lipinski definition) is 3. The quantitative estimate of drug-likeness (QED) is 0.765. The Kier molecular flexibility index (Phi) is 5.92. The van der Waals surface area contributed by atoms with Crippen molar-refractivity contribution in [1.82, 2.24) is 0 Å². The van der Waals surface area contributed by atoms with Crippen LogP contribution in [0.15, 0.2) is 42.5 Å². The fourth-order valence-electron chi connectivity index (χ4n) is 2.09. The van der Waals surface area contributed by atoms with Gasteiger partial charge in [0.05, 0.1) is 21.8 Å². The topological polar surface area (TPSA) is 55.4 Å². The Morgan fingerprint density at radius 3 is 2.46 bits per heavy atom. The number of aryl methyl sites for hydroxylation is 1. The highest BCUT2D eigenvalue weighted by molar-refractivity contribution is 6.33. The second-order valence-corrected chi connectivity index (χ2v) is 6.01. The van der Waals surface area contributed by atoms with E-state index in [0.29, 0.717) is 0 Å². The monoisotopic (exact) mass is 385 g/mol. The number of carbonyl (C=O) groups is 2. The summed E-state index contributed by atoms with van der Waals surface area (Å²) < 4.78 is 43.3. The highest BCUT2D eigenvalue weighted by Crippen LogP contribution is 2.33. The SMILES string of the molecule is Cc1cccc(C(=O)OC(C)C(=O)Nc2cc(C(F)(F)F)ccc2Cl)c1. The van der Waals surface area contributed by atoms with Crippen LogP contribution in [0, 0.1) is 6.92 Å². The Bertz CT molecular complexity index is 837. The minimum atomic E-state index is -4.58. The Morgan fingerprint density at radius 1 is 1.15 bits per heavy atom. The predicted molar refractivity (Wildman–Crippen MR) is 91.1 cm³/mol. The van der Waals surface area contributed by atoms with Crippen LogP contribution >= 0.6 is 11.6 Å². The molecule has 1 atom stereocenters. The number of rotatable bonds is 4. The number of benzene rings is 2. The average Bonchev–Trinajstić information content (AvgIpc) is 2.55. The van der Waals surface area contributed by atoms with E-state index in [4.69, 9.17) is 16.3 Å². The number of anilines is 1. The second kappa shape index (κ2) is 7.78. The van der Waals surface area contributed by atoms with E-state index in [9.17, 15) is 22.8 Å². The lowest BCUT2D eigenvalue weighted by atomic mass is 10.1. The van der Waals surface area contributed by atoms with Crippen LogP contribution in [0.1, 0.15) is 28.4 Å². The van der Waals surface area contributed by atoms with Gasteiger partial charge in [-0.05, 0) is 44.2 Å². The van der Waals surface area contributed by atoms with Crippen molar-refractivity contribution in [3.05, 3.63) is 64.2 Å². The van der Waals surface area contributed by atoms with Gasteiger partial charge in [-0.25, -0.2) is 4.79 Å². The molecule has 0 spiro atoms. The molecule has 1 N–H and O–H groups in total. The number of esters is 1. The standard InChI is InChI=1S/C18H15ClF3NO3/c1-10-4-3-5-12(8-10)17(25)26-11(2)16(24)23-15-9-13(18(20,21)22)6-7-14(15)19/h3-9,11H,1-2H3,(H,23,24). The maximum absolute atomic E-state index is 12.8. The van der Waals surface area contributed by atoms with Crippen molar-refractivity contribution in [3.63, 3.8) is 0 Å². The lowest BCUT2D eigenvalue weighted by molar-refractivity contribution is -0.137. The van der Waals surface area contributed by atoms with E-state index in [1.165, 1.54) is 13.0 Å². The van der Waals surface area contributed by atoms with Gasteiger partial charge in [0.25, 0.3) is 5.91 Å². The lowest BCUT2D eigenvalue weighted by Gasteiger charge is -2.15. The van der Waals surface area contributed by atoms with Gasteiger partial charge in [-0.15, -0.1) is 0 Å². The van der Waals surface area contributed by atoms with Crippen LogP contribution in [0.4, 0.5) is 18.9 Å². The molecule has 0 aliphatic rings. The molecule has 0 aromatic heterocycles. The summed E-state index contributed by atoms with van der Waals surface area (Å²) in [4.78, 5) is 24.2. The molecule has 2 aromatic carbocycles. The number of nitrogens with one attached hydrogen (secondary N) is 1. The molecule has 8 heteroatoms. The number of halogens is 4. The molecule has 0 radical (unpaired) electrons. The Labute approximate surface area is 152 Å². The van der Waals surface area contributed by atoms with Gasteiger partial charge in [0.15, 0.2) is 6.10 Å². The van der Waals surface area contributed by atoms with Gasteiger partial charge >= 0.3 is 12.1 Å². The van der Waals surface area contributed by atoms with Crippen LogP contribution in [-0.2, 0) is 15.7 Å². The normalized spacial score (nSPS) is 12.4. The van der Waals surface area contributed by atoms with Crippen molar-refractivity contribution in [2.45, 2.75) is 26.1 Å². The molecule has 4 nitrogen and oxygen atoms in total. The maximum Gasteiger partial charge on any atom is 0.416 e. The molecular formula is C18H15ClF3NO3. The van der Waals surface area contributed by atoms with E-state index < -0.39 is 29.7 Å². The number of carbonyl (C=O) groups excluding carboxylic acids is 2. The minimum absolute atomic E-state index is 0.0661. The van der Waals surface area contributed by atoms with Crippen LogP contribution in [0.25, 0.3) is 0 Å². The summed E-state index contributed by atoms with van der Waals surface area (Å²) in [6, 6.07) is 9.14. The Morgan fingerprint density at radius 2 is 1.85 bits per heavy atom. The van der Waals surface area contributed by atoms with E-state index in [2.05, 4.69) is 5.32 Å². The van der Waals surface area contributed by atoms with Crippen molar-refractivity contribution in [2.75, 3.05) is 5.32 Å². The van der Waals surface area contributed by atoms with Gasteiger partial charge in [0, 0.05) is 0 Å². The molecule has 138 valence electrons. The average molecular weight is 386 g/mol. The number of ether oxygens (including phenoxy) is 1. The third kappa shape index (κ3) is 4.98. The summed E-state index contributed by atoms with van der Waals surface area (Å²) in [5.41, 5.74) is -0.0689. The van der Waals surface area contributed by atoms with Crippen molar-refractivity contribution in [2.24, 2.45) is 0 Å². The number of hydrogen-bond donors (Lipinski definition) is 1. The predicted octanol–water partition coefficient (Wildman–Crippen LogP) is 4.85. The molecule has 1 amide bonds. The summed E-state index contributed by atoms with van der Waals surface area (Å²) in [5, 5.41) is 2.18. The molecule has 0 saturated heterocycles. The first-order valence-corrected chi connectivity index (χ1v) is 7.91. The van der Waals surface area contributed by atoms with E-state index in [-0.39, 0.29) is 16.3 Å². The lowest BCUT2D eigenvalue weighted by Crippen LogP contribution is -2.30. The zero-order valence-corrected chi connectivity index (χ0v) is 14.6. The van der Waals surface area contributed by atoms with Crippen molar-refractivity contribution in [3.8, 4) is 0 Å². The highest BCUT2D eigenvalue weighted by atomic mass is 35.5. The molecule has 0 aliphatic heterocycles. The van der Waals surface area contributed by atoms with E-state index >= 15 is 0 Å². The first-order chi connectivity index (χ1) is 12.1. The summed E-state index contributed by atoms with van der Waals surface area (Å²) in [7, 11) is 0. The smallest absolute Gasteiger partial charge is 0.416 e. The van der Waals surface area contributed by atoms with Crippen molar-refractivity contribution >= 4 is 29.2 Å². The highest BCUT2D eigenvalue weighted by Gasteiger charge is 2.31. The summed E-state index contributed by atoms with van der Waals surface area (Å²) in [6.07, 6.45) is -5.80. The molecule has 0 saturated carbocycles. The molecule has 0 heterocycles. The van der Waals surface area contributed by atoms with E-state index in [0.717, 1.165) is 23.8 Å². The van der Waals surface area contributed by atoms with Crippen LogP contribution in [0.2, 0.25) is 5.02 Å². The zero-order valence-electron chi connectivity index (χ0n) is 13.9. The van der Waals surface area contributed by atoms with Crippen LogP contribution in [0.5, 0.6) is 0 Å². The molecule has 0 aliphatic carbocycles. The van der Waals surface area contributed by atoms with E-state index in [1.807, 2.05) is 0 Å². The molecule has 26 heavy (non-hydrogen) atoms. The first kappa shape index (κ1) is 19.8. The fourth-order valence-corrected chi connectivity index (χ4v) is 2.25. The molecule has 0 fully saturated rings. The third-order valence-electron chi connectivity index (χ3n) is 3.46. The third-order valence-corrected chi connectivity index (χ3v) is 3.79. The van der Waals surface area contributed by atoms with Gasteiger partial charge in [0.2, 0.25) is 0 Å². The Balaban J connectivity index is 2.08. The minimum Gasteiger partial charge on any atom is -0.449 e. The fraction of sp³-hybridized carbons (Fsp3) is 0.222. The molecule has 0 bridgehead atoms. The van der Waals surface area contributed by atoms with Crippen molar-refractivity contribution in [1.29, 1.82) is 0 Å². The van der Waals surface area contributed by atoms with Gasteiger partial charge in [-0.1, -0.05) is 29.3 Å². The summed E-state index contributed by atoms with van der Waals surface area (Å²) >= 11 is 5.82. The number of amides is 1. The van der Waals surface area contributed by atoms with Gasteiger partial charge in [-0.3, -0.25) is 4.79 Å². The molecule has 1 unspecified atom stereocenters.